The van der Waals surface area contributed by atoms with E-state index in [1.165, 1.54) is 0 Å². The van der Waals surface area contributed by atoms with Gasteiger partial charge in [-0.15, -0.1) is 0 Å². The number of benzene rings is 1. The summed E-state index contributed by atoms with van der Waals surface area (Å²) in [5, 5.41) is 14.9. The summed E-state index contributed by atoms with van der Waals surface area (Å²) in [7, 11) is 0. The molecule has 1 saturated heterocycles. The number of likely N-dealkylation sites (tertiary alicyclic amines) is 1. The molecule has 1 aliphatic carbocycles. The molecule has 2 N–H and O–H groups in total. The van der Waals surface area contributed by atoms with Crippen molar-refractivity contribution >= 4 is 5.91 Å². The van der Waals surface area contributed by atoms with Crippen molar-refractivity contribution in [1.82, 2.24) is 25.3 Å². The molecule has 2 aliphatic rings. The Morgan fingerprint density at radius 2 is 2.00 bits per heavy atom. The van der Waals surface area contributed by atoms with E-state index < -0.39 is 0 Å². The van der Waals surface area contributed by atoms with Crippen LogP contribution in [0, 0.1) is 0 Å². The standard InChI is InChI=1S/C21H23N5O/c27-21(20-16-9-4-10-18(16)23-25-20)26-11-5-8-15(13-26)19-17(12-22-24-19)14-6-2-1-3-7-14/h1-3,6-7,12,15H,4-5,8-11,13H2,(H,22,24)(H,23,25)/t15-/m1/s1. The number of carbonyl (C=O) groups excluding carboxylic acids is 1. The van der Waals surface area contributed by atoms with Gasteiger partial charge in [-0.3, -0.25) is 15.0 Å². The molecule has 3 aromatic rings. The molecular weight excluding hydrogens is 338 g/mol. The first-order chi connectivity index (χ1) is 13.3. The van der Waals surface area contributed by atoms with Gasteiger partial charge < -0.3 is 4.90 Å². The number of hydrogen-bond acceptors (Lipinski definition) is 3. The van der Waals surface area contributed by atoms with Crippen LogP contribution >= 0.6 is 0 Å². The first-order valence-corrected chi connectivity index (χ1v) is 9.75. The molecule has 1 aromatic carbocycles. The third-order valence-electron chi connectivity index (χ3n) is 5.88. The Kier molecular flexibility index (Phi) is 4.03. The van der Waals surface area contributed by atoms with Crippen LogP contribution in [0.15, 0.2) is 36.5 Å². The minimum Gasteiger partial charge on any atom is -0.337 e. The van der Waals surface area contributed by atoms with Gasteiger partial charge in [-0.05, 0) is 37.7 Å². The molecule has 138 valence electrons. The maximum Gasteiger partial charge on any atom is 0.274 e. The van der Waals surface area contributed by atoms with Crippen LogP contribution < -0.4 is 0 Å². The highest BCUT2D eigenvalue weighted by atomic mass is 16.2. The van der Waals surface area contributed by atoms with Gasteiger partial charge in [-0.1, -0.05) is 30.3 Å². The zero-order chi connectivity index (χ0) is 18.2. The Morgan fingerprint density at radius 1 is 1.11 bits per heavy atom. The zero-order valence-electron chi connectivity index (χ0n) is 15.2. The number of piperidine rings is 1. The van der Waals surface area contributed by atoms with E-state index in [0.29, 0.717) is 12.2 Å². The quantitative estimate of drug-likeness (QED) is 0.751. The van der Waals surface area contributed by atoms with Crippen LogP contribution in [0.3, 0.4) is 0 Å². The molecule has 0 radical (unpaired) electrons. The lowest BCUT2D eigenvalue weighted by atomic mass is 9.90. The van der Waals surface area contributed by atoms with Gasteiger partial charge in [-0.2, -0.15) is 10.2 Å². The average Bonchev–Trinajstić information content (AvgIpc) is 3.45. The molecule has 1 amide bonds. The molecule has 0 bridgehead atoms. The molecule has 2 aromatic heterocycles. The molecule has 1 atom stereocenters. The van der Waals surface area contributed by atoms with Crippen molar-refractivity contribution in [1.29, 1.82) is 0 Å². The predicted octanol–water partition coefficient (Wildman–Crippen LogP) is 3.31. The second-order valence-electron chi connectivity index (χ2n) is 7.54. The van der Waals surface area contributed by atoms with E-state index in [2.05, 4.69) is 32.5 Å². The fourth-order valence-corrected chi connectivity index (χ4v) is 4.50. The van der Waals surface area contributed by atoms with Crippen molar-refractivity contribution in [3.8, 4) is 11.1 Å². The summed E-state index contributed by atoms with van der Waals surface area (Å²) >= 11 is 0. The van der Waals surface area contributed by atoms with E-state index in [1.54, 1.807) is 0 Å². The lowest BCUT2D eigenvalue weighted by Gasteiger charge is -2.32. The number of nitrogens with one attached hydrogen (secondary N) is 2. The molecule has 6 heteroatoms. The molecule has 0 saturated carbocycles. The smallest absolute Gasteiger partial charge is 0.274 e. The van der Waals surface area contributed by atoms with E-state index >= 15 is 0 Å². The van der Waals surface area contributed by atoms with Gasteiger partial charge in [0.25, 0.3) is 5.91 Å². The normalized spacial score (nSPS) is 19.3. The summed E-state index contributed by atoms with van der Waals surface area (Å²) in [4.78, 5) is 15.1. The van der Waals surface area contributed by atoms with E-state index in [0.717, 1.165) is 66.7 Å². The largest absolute Gasteiger partial charge is 0.337 e. The molecule has 1 fully saturated rings. The first-order valence-electron chi connectivity index (χ1n) is 9.75. The minimum absolute atomic E-state index is 0.0693. The van der Waals surface area contributed by atoms with E-state index in [4.69, 9.17) is 0 Å². The Morgan fingerprint density at radius 3 is 2.89 bits per heavy atom. The van der Waals surface area contributed by atoms with Crippen molar-refractivity contribution < 1.29 is 4.79 Å². The third-order valence-corrected chi connectivity index (χ3v) is 5.88. The Labute approximate surface area is 158 Å². The number of amides is 1. The molecule has 0 unspecified atom stereocenters. The summed E-state index contributed by atoms with van der Waals surface area (Å²) < 4.78 is 0. The van der Waals surface area contributed by atoms with Gasteiger partial charge in [-0.25, -0.2) is 0 Å². The fraction of sp³-hybridized carbons (Fsp3) is 0.381. The van der Waals surface area contributed by atoms with Gasteiger partial charge >= 0.3 is 0 Å². The average molecular weight is 361 g/mol. The van der Waals surface area contributed by atoms with Crippen molar-refractivity contribution in [2.75, 3.05) is 13.1 Å². The number of carbonyl (C=O) groups is 1. The fourth-order valence-electron chi connectivity index (χ4n) is 4.50. The molecule has 0 spiro atoms. The second-order valence-corrected chi connectivity index (χ2v) is 7.54. The number of fused-ring (bicyclic) bond motifs is 1. The van der Waals surface area contributed by atoms with Gasteiger partial charge in [0.2, 0.25) is 0 Å². The van der Waals surface area contributed by atoms with Crippen LogP contribution in [-0.4, -0.2) is 44.3 Å². The number of nitrogens with zero attached hydrogens (tertiary/aromatic N) is 3. The van der Waals surface area contributed by atoms with Gasteiger partial charge in [0.15, 0.2) is 5.69 Å². The number of hydrogen-bond donors (Lipinski definition) is 2. The number of aromatic amines is 2. The monoisotopic (exact) mass is 361 g/mol. The van der Waals surface area contributed by atoms with Crippen molar-refractivity contribution in [3.05, 3.63) is 59.2 Å². The van der Waals surface area contributed by atoms with Crippen LogP contribution in [0.5, 0.6) is 0 Å². The Bertz CT molecular complexity index is 958. The molecule has 3 heterocycles. The predicted molar refractivity (Wildman–Crippen MR) is 103 cm³/mol. The van der Waals surface area contributed by atoms with Crippen LogP contribution in [0.1, 0.15) is 52.6 Å². The van der Waals surface area contributed by atoms with Crippen molar-refractivity contribution in [2.45, 2.75) is 38.0 Å². The third kappa shape index (κ3) is 2.85. The van der Waals surface area contributed by atoms with Crippen molar-refractivity contribution in [3.63, 3.8) is 0 Å². The van der Waals surface area contributed by atoms with Crippen LogP contribution in [0.2, 0.25) is 0 Å². The minimum atomic E-state index is 0.0693. The van der Waals surface area contributed by atoms with E-state index in [-0.39, 0.29) is 11.8 Å². The molecular formula is C21H23N5O. The lowest BCUT2D eigenvalue weighted by Crippen LogP contribution is -2.39. The highest BCUT2D eigenvalue weighted by molar-refractivity contribution is 5.94. The number of aryl methyl sites for hydroxylation is 1. The first kappa shape index (κ1) is 16.3. The Hall–Kier alpha value is -2.89. The number of H-pyrrole nitrogens is 2. The molecule has 6 nitrogen and oxygen atoms in total. The van der Waals surface area contributed by atoms with Gasteiger partial charge in [0.1, 0.15) is 0 Å². The summed E-state index contributed by atoms with van der Waals surface area (Å²) in [6.45, 7) is 1.51. The molecule has 5 rings (SSSR count). The highest BCUT2D eigenvalue weighted by Crippen LogP contribution is 2.34. The van der Waals surface area contributed by atoms with Crippen LogP contribution in [-0.2, 0) is 12.8 Å². The van der Waals surface area contributed by atoms with Crippen molar-refractivity contribution in [2.24, 2.45) is 0 Å². The van der Waals surface area contributed by atoms with E-state index in [1.807, 2.05) is 29.3 Å². The maximum absolute atomic E-state index is 13.1. The SMILES string of the molecule is O=C(c1n[nH]c2c1CCC2)N1CCC[C@@H](c2[nH]ncc2-c2ccccc2)C1. The topological polar surface area (TPSA) is 77.7 Å². The van der Waals surface area contributed by atoms with Gasteiger partial charge in [0, 0.05) is 41.5 Å². The summed E-state index contributed by atoms with van der Waals surface area (Å²) in [5.41, 5.74) is 6.34. The van der Waals surface area contributed by atoms with Crippen LogP contribution in [0.4, 0.5) is 0 Å². The maximum atomic E-state index is 13.1. The zero-order valence-corrected chi connectivity index (χ0v) is 15.2. The van der Waals surface area contributed by atoms with Crippen LogP contribution in [0.25, 0.3) is 11.1 Å². The summed E-state index contributed by atoms with van der Waals surface area (Å²) in [5.74, 6) is 0.340. The highest BCUT2D eigenvalue weighted by Gasteiger charge is 2.31. The number of rotatable bonds is 3. The summed E-state index contributed by atoms with van der Waals surface area (Å²) in [6, 6.07) is 10.3. The Balaban J connectivity index is 1.39. The number of aromatic nitrogens is 4. The molecule has 27 heavy (non-hydrogen) atoms. The molecule has 1 aliphatic heterocycles. The van der Waals surface area contributed by atoms with Gasteiger partial charge in [0.05, 0.1) is 6.20 Å². The lowest BCUT2D eigenvalue weighted by molar-refractivity contribution is 0.0699. The summed E-state index contributed by atoms with van der Waals surface area (Å²) in [6.07, 6.45) is 7.03. The second kappa shape index (κ2) is 6.68. The van der Waals surface area contributed by atoms with E-state index in [9.17, 15) is 4.79 Å².